The minimum absolute atomic E-state index is 0.196. The molecule has 1 aromatic carbocycles. The molecule has 2 aromatic heterocycles. The number of hydrogen-bond acceptors (Lipinski definition) is 6. The summed E-state index contributed by atoms with van der Waals surface area (Å²) in [5, 5.41) is 19.1. The van der Waals surface area contributed by atoms with E-state index in [9.17, 15) is 10.1 Å². The maximum absolute atomic E-state index is 12.7. The Morgan fingerprint density at radius 3 is 3.03 bits per heavy atom. The Morgan fingerprint density at radius 1 is 1.37 bits per heavy atom. The maximum Gasteiger partial charge on any atom is 0.240 e. The van der Waals surface area contributed by atoms with Crippen LogP contribution in [-0.4, -0.2) is 39.4 Å². The van der Waals surface area contributed by atoms with E-state index in [0.29, 0.717) is 36.6 Å². The highest BCUT2D eigenvalue weighted by Crippen LogP contribution is 2.28. The molecule has 30 heavy (non-hydrogen) atoms. The van der Waals surface area contributed by atoms with Gasteiger partial charge >= 0.3 is 0 Å². The molecule has 1 saturated heterocycles. The van der Waals surface area contributed by atoms with Crippen LogP contribution in [0.5, 0.6) is 11.6 Å². The van der Waals surface area contributed by atoms with Crippen LogP contribution in [0.3, 0.4) is 0 Å². The lowest BCUT2D eigenvalue weighted by atomic mass is 10.0. The molecule has 8 nitrogen and oxygen atoms in total. The summed E-state index contributed by atoms with van der Waals surface area (Å²) in [6, 6.07) is 11.8. The molecule has 0 bridgehead atoms. The molecule has 3 heterocycles. The number of nitrogens with zero attached hydrogens (tertiary/aromatic N) is 4. The van der Waals surface area contributed by atoms with E-state index in [-0.39, 0.29) is 11.9 Å². The van der Waals surface area contributed by atoms with Gasteiger partial charge in [-0.3, -0.25) is 4.79 Å². The third-order valence-corrected chi connectivity index (χ3v) is 5.27. The topological polar surface area (TPSA) is 132 Å². The van der Waals surface area contributed by atoms with E-state index < -0.39 is 6.04 Å². The number of aromatic nitrogens is 2. The van der Waals surface area contributed by atoms with Gasteiger partial charge in [-0.05, 0) is 49.1 Å². The van der Waals surface area contributed by atoms with Gasteiger partial charge < -0.3 is 20.4 Å². The molecule has 4 rings (SSSR count). The largest absolute Gasteiger partial charge is 0.439 e. The third-order valence-electron chi connectivity index (χ3n) is 5.27. The summed E-state index contributed by atoms with van der Waals surface area (Å²) < 4.78 is 5.80. The normalized spacial score (nSPS) is 16.8. The lowest BCUT2D eigenvalue weighted by Gasteiger charge is -2.23. The average Bonchev–Trinajstić information content (AvgIpc) is 3.40. The number of nitrogens with one attached hydrogen (secondary N) is 1. The van der Waals surface area contributed by atoms with E-state index in [1.807, 2.05) is 18.3 Å². The van der Waals surface area contributed by atoms with Crippen molar-refractivity contribution in [2.45, 2.75) is 31.3 Å². The highest BCUT2D eigenvalue weighted by Gasteiger charge is 2.31. The van der Waals surface area contributed by atoms with Gasteiger partial charge in [-0.15, -0.1) is 0 Å². The summed E-state index contributed by atoms with van der Waals surface area (Å²) in [4.78, 5) is 21.6. The number of likely N-dealkylation sites (tertiary alicyclic amines) is 1. The number of carbonyl (C=O) groups excluding carboxylic acids is 1. The Morgan fingerprint density at radius 2 is 2.23 bits per heavy atom. The number of aromatic amines is 1. The Balaban J connectivity index is 1.53. The Kier molecular flexibility index (Phi) is 5.34. The van der Waals surface area contributed by atoms with E-state index in [4.69, 9.17) is 15.7 Å². The summed E-state index contributed by atoms with van der Waals surface area (Å²) in [6.45, 7) is 0.575. The van der Waals surface area contributed by atoms with Gasteiger partial charge in [0.2, 0.25) is 11.8 Å². The summed E-state index contributed by atoms with van der Waals surface area (Å²) in [5.74, 6) is 0.696. The van der Waals surface area contributed by atoms with Crippen molar-refractivity contribution >= 4 is 16.8 Å². The van der Waals surface area contributed by atoms with Gasteiger partial charge in [0.1, 0.15) is 11.8 Å². The predicted octanol–water partition coefficient (Wildman–Crippen LogP) is 2.61. The van der Waals surface area contributed by atoms with Gasteiger partial charge in [-0.2, -0.15) is 10.5 Å². The fourth-order valence-corrected chi connectivity index (χ4v) is 3.75. The predicted molar refractivity (Wildman–Crippen MR) is 109 cm³/mol. The third kappa shape index (κ3) is 3.82. The second kappa shape index (κ2) is 8.24. The first kappa shape index (κ1) is 19.4. The molecule has 2 atom stereocenters. The van der Waals surface area contributed by atoms with E-state index in [2.05, 4.69) is 22.1 Å². The number of benzene rings is 1. The number of fused-ring (bicyclic) bond motifs is 1. The highest BCUT2D eigenvalue weighted by atomic mass is 16.5. The van der Waals surface area contributed by atoms with Crippen LogP contribution >= 0.6 is 0 Å². The van der Waals surface area contributed by atoms with Crippen molar-refractivity contribution in [2.75, 3.05) is 6.54 Å². The average molecular weight is 400 g/mol. The molecule has 2 unspecified atom stereocenters. The molecule has 1 aliphatic heterocycles. The Labute approximate surface area is 173 Å². The van der Waals surface area contributed by atoms with Gasteiger partial charge in [0, 0.05) is 35.9 Å². The van der Waals surface area contributed by atoms with Crippen LogP contribution in [0.25, 0.3) is 10.9 Å². The zero-order valence-electron chi connectivity index (χ0n) is 16.2. The van der Waals surface area contributed by atoms with Gasteiger partial charge in [-0.25, -0.2) is 4.98 Å². The number of amides is 1. The molecule has 1 amide bonds. The van der Waals surface area contributed by atoms with Crippen molar-refractivity contribution in [2.24, 2.45) is 5.73 Å². The summed E-state index contributed by atoms with van der Waals surface area (Å²) in [5.41, 5.74) is 8.45. The van der Waals surface area contributed by atoms with Crippen molar-refractivity contribution in [3.8, 4) is 23.8 Å². The number of pyridine rings is 1. The molecular formula is C22H20N6O2. The molecule has 150 valence electrons. The van der Waals surface area contributed by atoms with Crippen LogP contribution in [0.2, 0.25) is 0 Å². The summed E-state index contributed by atoms with van der Waals surface area (Å²) in [6.07, 6.45) is 5.22. The number of ether oxygens (including phenoxy) is 1. The van der Waals surface area contributed by atoms with E-state index >= 15 is 0 Å². The zero-order valence-corrected chi connectivity index (χ0v) is 16.2. The van der Waals surface area contributed by atoms with Crippen LogP contribution in [-0.2, 0) is 11.2 Å². The van der Waals surface area contributed by atoms with Gasteiger partial charge in [0.15, 0.2) is 0 Å². The minimum atomic E-state index is -0.725. The molecule has 0 aliphatic carbocycles. The smallest absolute Gasteiger partial charge is 0.240 e. The number of nitriles is 2. The fraction of sp³-hybridized carbons (Fsp3) is 0.273. The minimum Gasteiger partial charge on any atom is -0.439 e. The lowest BCUT2D eigenvalue weighted by Crippen LogP contribution is -2.46. The molecule has 1 aliphatic rings. The summed E-state index contributed by atoms with van der Waals surface area (Å²) >= 11 is 0. The standard InChI is InChI=1S/C22H20N6O2/c23-11-14-5-6-26-21(8-14)30-17-3-4-20-18(10-17)15(13-27-20)9-19(25)22(29)28-7-1-2-16(28)12-24/h3-6,8,10,13,16,19,27H,1-2,7,9,25H2. The second-order valence-corrected chi connectivity index (χ2v) is 7.25. The monoisotopic (exact) mass is 400 g/mol. The number of nitrogens with two attached hydrogens (primary N) is 1. The van der Waals surface area contributed by atoms with Crippen LogP contribution in [0.4, 0.5) is 0 Å². The SMILES string of the molecule is N#Cc1ccnc(Oc2ccc3[nH]cc(CC(N)C(=O)N4CCCC4C#N)c3c2)c1. The lowest BCUT2D eigenvalue weighted by molar-refractivity contribution is -0.132. The summed E-state index contributed by atoms with van der Waals surface area (Å²) in [7, 11) is 0. The first-order valence-corrected chi connectivity index (χ1v) is 9.68. The maximum atomic E-state index is 12.7. The molecule has 0 radical (unpaired) electrons. The first-order valence-electron chi connectivity index (χ1n) is 9.68. The van der Waals surface area contributed by atoms with Crippen LogP contribution < -0.4 is 10.5 Å². The number of H-pyrrole nitrogens is 1. The molecule has 0 spiro atoms. The number of hydrogen-bond donors (Lipinski definition) is 2. The van der Waals surface area contributed by atoms with Gasteiger partial charge in [0.05, 0.1) is 23.7 Å². The van der Waals surface area contributed by atoms with Crippen LogP contribution in [0.15, 0.2) is 42.7 Å². The van der Waals surface area contributed by atoms with Crippen molar-refractivity contribution in [3.63, 3.8) is 0 Å². The van der Waals surface area contributed by atoms with E-state index in [1.54, 1.807) is 23.1 Å². The molecule has 3 aromatic rings. The van der Waals surface area contributed by atoms with Gasteiger partial charge in [-0.1, -0.05) is 0 Å². The number of rotatable bonds is 5. The highest BCUT2D eigenvalue weighted by molar-refractivity contribution is 5.87. The fourth-order valence-electron chi connectivity index (χ4n) is 3.75. The zero-order chi connectivity index (χ0) is 21.1. The molecule has 0 saturated carbocycles. The number of carbonyl (C=O) groups is 1. The van der Waals surface area contributed by atoms with Crippen molar-refractivity contribution in [1.82, 2.24) is 14.9 Å². The molecule has 1 fully saturated rings. The Hall–Kier alpha value is -3.88. The quantitative estimate of drug-likeness (QED) is 0.676. The van der Waals surface area contributed by atoms with E-state index in [1.165, 1.54) is 6.20 Å². The molecule has 3 N–H and O–H groups in total. The molecular weight excluding hydrogens is 380 g/mol. The van der Waals surface area contributed by atoms with E-state index in [0.717, 1.165) is 22.9 Å². The van der Waals surface area contributed by atoms with Crippen LogP contribution in [0.1, 0.15) is 24.0 Å². The van der Waals surface area contributed by atoms with Gasteiger partial charge in [0.25, 0.3) is 0 Å². The first-order chi connectivity index (χ1) is 14.6. The van der Waals surface area contributed by atoms with Crippen molar-refractivity contribution < 1.29 is 9.53 Å². The van der Waals surface area contributed by atoms with Crippen molar-refractivity contribution in [3.05, 3.63) is 53.9 Å². The van der Waals surface area contributed by atoms with Crippen molar-refractivity contribution in [1.29, 1.82) is 10.5 Å². The molecule has 8 heteroatoms. The second-order valence-electron chi connectivity index (χ2n) is 7.25. The Bertz CT molecular complexity index is 1170. The van der Waals surface area contributed by atoms with Crippen LogP contribution in [0, 0.1) is 22.7 Å².